The van der Waals surface area contributed by atoms with Crippen LogP contribution in [0.15, 0.2) is 82.2 Å². The van der Waals surface area contributed by atoms with Gasteiger partial charge in [-0.15, -0.1) is 0 Å². The van der Waals surface area contributed by atoms with Gasteiger partial charge in [-0.05, 0) is 92.9 Å². The Morgan fingerprint density at radius 3 is 2.21 bits per heavy atom. The van der Waals surface area contributed by atoms with Crippen LogP contribution in [0, 0.1) is 5.82 Å². The Morgan fingerprint density at radius 1 is 0.977 bits per heavy atom. The fraction of sp³-hybridized carbons (Fsp3) is 0.375. The second-order valence-electron chi connectivity index (χ2n) is 10.6. The Labute approximate surface area is 261 Å². The first kappa shape index (κ1) is 32.5. The Bertz CT molecular complexity index is 1480. The normalized spacial score (nSPS) is 14.5. The maximum absolute atomic E-state index is 14.1. The van der Waals surface area contributed by atoms with E-state index in [1.165, 1.54) is 29.2 Å². The number of nitrogens with one attached hydrogen (secondary N) is 1. The first-order valence-corrected chi connectivity index (χ1v) is 16.7. The molecule has 4 rings (SSSR count). The highest BCUT2D eigenvalue weighted by atomic mass is 79.9. The molecule has 43 heavy (non-hydrogen) atoms. The number of hydrogen-bond acceptors (Lipinski definition) is 5. The zero-order valence-corrected chi connectivity index (χ0v) is 26.7. The van der Waals surface area contributed by atoms with E-state index in [-0.39, 0.29) is 29.1 Å². The van der Waals surface area contributed by atoms with E-state index < -0.39 is 34.3 Å². The molecule has 1 unspecified atom stereocenters. The first-order valence-electron chi connectivity index (χ1n) is 14.4. The fourth-order valence-electron chi connectivity index (χ4n) is 5.08. The topological polar surface area (TPSA) is 96.0 Å². The van der Waals surface area contributed by atoms with Crippen LogP contribution < -0.4 is 14.4 Å². The molecule has 1 N–H and O–H groups in total. The summed E-state index contributed by atoms with van der Waals surface area (Å²) in [6.45, 7) is 3.35. The molecule has 0 spiro atoms. The highest BCUT2D eigenvalue weighted by Gasteiger charge is 2.33. The van der Waals surface area contributed by atoms with Crippen LogP contribution in [0.3, 0.4) is 0 Å². The van der Waals surface area contributed by atoms with Gasteiger partial charge in [0.25, 0.3) is 10.0 Å². The zero-order chi connectivity index (χ0) is 31.0. The molecular formula is C32H37BrFN3O5S. The van der Waals surface area contributed by atoms with Crippen LogP contribution in [-0.4, -0.2) is 50.4 Å². The molecular weight excluding hydrogens is 637 g/mol. The predicted octanol–water partition coefficient (Wildman–Crippen LogP) is 6.05. The summed E-state index contributed by atoms with van der Waals surface area (Å²) in [5, 5.41) is 3.07. The van der Waals surface area contributed by atoms with E-state index in [4.69, 9.17) is 4.74 Å². The molecule has 0 aliphatic heterocycles. The standard InChI is InChI=1S/C32H37BrFN3O5S/c1-3-42-29-17-15-28(16-18-29)37(43(40,41)30-19-11-25(33)12-20-30)22-31(38)36(21-24-9-13-26(34)14-10-24)23(2)32(39)35-27-7-5-4-6-8-27/h9-20,23,27H,3-8,21-22H2,1-2H3,(H,35,39). The van der Waals surface area contributed by atoms with Gasteiger partial charge in [0.2, 0.25) is 11.8 Å². The second kappa shape index (κ2) is 14.8. The van der Waals surface area contributed by atoms with Crippen molar-refractivity contribution in [2.75, 3.05) is 17.5 Å². The summed E-state index contributed by atoms with van der Waals surface area (Å²) >= 11 is 3.33. The zero-order valence-electron chi connectivity index (χ0n) is 24.3. The monoisotopic (exact) mass is 673 g/mol. The molecule has 11 heteroatoms. The Balaban J connectivity index is 1.67. The van der Waals surface area contributed by atoms with E-state index in [9.17, 15) is 22.4 Å². The summed E-state index contributed by atoms with van der Waals surface area (Å²) in [5.74, 6) is -0.757. The third-order valence-corrected chi connectivity index (χ3v) is 9.82. The Morgan fingerprint density at radius 2 is 1.60 bits per heavy atom. The van der Waals surface area contributed by atoms with Gasteiger partial charge in [0.05, 0.1) is 17.2 Å². The lowest BCUT2D eigenvalue weighted by Crippen LogP contribution is -2.53. The third kappa shape index (κ3) is 8.57. The lowest BCUT2D eigenvalue weighted by Gasteiger charge is -2.33. The number of ether oxygens (including phenoxy) is 1. The lowest BCUT2D eigenvalue weighted by molar-refractivity contribution is -0.139. The molecule has 8 nitrogen and oxygen atoms in total. The minimum atomic E-state index is -4.20. The van der Waals surface area contributed by atoms with Crippen LogP contribution >= 0.6 is 15.9 Å². The number of nitrogens with zero attached hydrogens (tertiary/aromatic N) is 2. The van der Waals surface area contributed by atoms with E-state index in [1.807, 2.05) is 6.92 Å². The number of hydrogen-bond donors (Lipinski definition) is 1. The average molecular weight is 675 g/mol. The molecule has 1 atom stereocenters. The number of carbonyl (C=O) groups excluding carboxylic acids is 2. The summed E-state index contributed by atoms with van der Waals surface area (Å²) in [7, 11) is -4.20. The van der Waals surface area contributed by atoms with Gasteiger partial charge in [-0.25, -0.2) is 12.8 Å². The van der Waals surface area contributed by atoms with E-state index in [1.54, 1.807) is 55.5 Å². The molecule has 230 valence electrons. The number of carbonyl (C=O) groups is 2. The Kier molecular flexibility index (Phi) is 11.2. The van der Waals surface area contributed by atoms with Crippen molar-refractivity contribution in [1.82, 2.24) is 10.2 Å². The molecule has 3 aromatic rings. The van der Waals surface area contributed by atoms with Gasteiger partial charge >= 0.3 is 0 Å². The molecule has 1 aliphatic rings. The molecule has 1 saturated carbocycles. The highest BCUT2D eigenvalue weighted by molar-refractivity contribution is 9.10. The van der Waals surface area contributed by atoms with Crippen molar-refractivity contribution in [2.24, 2.45) is 0 Å². The SMILES string of the molecule is CCOc1ccc(N(CC(=O)N(Cc2ccc(F)cc2)C(C)C(=O)NC2CCCCC2)S(=O)(=O)c2ccc(Br)cc2)cc1. The second-order valence-corrected chi connectivity index (χ2v) is 13.3. The van der Waals surface area contributed by atoms with Gasteiger partial charge in [-0.3, -0.25) is 13.9 Å². The van der Waals surface area contributed by atoms with Crippen LogP contribution in [0.2, 0.25) is 0 Å². The molecule has 0 bridgehead atoms. The number of amides is 2. The first-order chi connectivity index (χ1) is 20.6. The highest BCUT2D eigenvalue weighted by Crippen LogP contribution is 2.28. The number of benzene rings is 3. The van der Waals surface area contributed by atoms with Crippen LogP contribution in [0.5, 0.6) is 5.75 Å². The van der Waals surface area contributed by atoms with Crippen LogP contribution in [0.1, 0.15) is 51.5 Å². The minimum Gasteiger partial charge on any atom is -0.494 e. The predicted molar refractivity (Wildman–Crippen MR) is 168 cm³/mol. The van der Waals surface area contributed by atoms with E-state index in [2.05, 4.69) is 21.2 Å². The van der Waals surface area contributed by atoms with Crippen molar-refractivity contribution in [1.29, 1.82) is 0 Å². The van der Waals surface area contributed by atoms with Crippen LogP contribution in [-0.2, 0) is 26.2 Å². The summed E-state index contributed by atoms with van der Waals surface area (Å²) < 4.78 is 48.8. The molecule has 0 saturated heterocycles. The molecule has 2 amide bonds. The van der Waals surface area contributed by atoms with Gasteiger partial charge in [-0.2, -0.15) is 0 Å². The van der Waals surface area contributed by atoms with Crippen LogP contribution in [0.4, 0.5) is 10.1 Å². The van der Waals surface area contributed by atoms with Crippen molar-refractivity contribution < 1.29 is 27.1 Å². The minimum absolute atomic E-state index is 0.00515. The van der Waals surface area contributed by atoms with Crippen molar-refractivity contribution in [2.45, 2.75) is 69.5 Å². The largest absolute Gasteiger partial charge is 0.494 e. The summed E-state index contributed by atoms with van der Waals surface area (Å²) in [6, 6.07) is 17.4. The number of rotatable bonds is 12. The average Bonchev–Trinajstić information content (AvgIpc) is 3.00. The quantitative estimate of drug-likeness (QED) is 0.253. The number of halogens is 2. The van der Waals surface area contributed by atoms with E-state index in [0.29, 0.717) is 22.4 Å². The lowest BCUT2D eigenvalue weighted by atomic mass is 9.95. The van der Waals surface area contributed by atoms with Crippen LogP contribution in [0.25, 0.3) is 0 Å². The summed E-state index contributed by atoms with van der Waals surface area (Å²) in [6.07, 6.45) is 4.94. The molecule has 3 aromatic carbocycles. The van der Waals surface area contributed by atoms with E-state index in [0.717, 1.165) is 36.4 Å². The van der Waals surface area contributed by atoms with Gasteiger partial charge in [0.15, 0.2) is 0 Å². The maximum Gasteiger partial charge on any atom is 0.264 e. The molecule has 0 heterocycles. The number of sulfonamides is 1. The summed E-state index contributed by atoms with van der Waals surface area (Å²) in [4.78, 5) is 28.8. The van der Waals surface area contributed by atoms with Gasteiger partial charge in [0.1, 0.15) is 24.2 Å². The summed E-state index contributed by atoms with van der Waals surface area (Å²) in [5.41, 5.74) is 0.871. The van der Waals surface area contributed by atoms with E-state index >= 15 is 0 Å². The fourth-order valence-corrected chi connectivity index (χ4v) is 6.75. The smallest absolute Gasteiger partial charge is 0.264 e. The van der Waals surface area contributed by atoms with Gasteiger partial charge in [0, 0.05) is 17.1 Å². The molecule has 0 aromatic heterocycles. The third-order valence-electron chi connectivity index (χ3n) is 7.50. The van der Waals surface area contributed by atoms with Gasteiger partial charge < -0.3 is 15.0 Å². The number of anilines is 1. The van der Waals surface area contributed by atoms with Crippen molar-refractivity contribution >= 4 is 43.5 Å². The molecule has 1 fully saturated rings. The maximum atomic E-state index is 14.1. The van der Waals surface area contributed by atoms with Crippen molar-refractivity contribution in [3.8, 4) is 5.75 Å². The molecule has 0 radical (unpaired) electrons. The van der Waals surface area contributed by atoms with Crippen molar-refractivity contribution in [3.63, 3.8) is 0 Å². The van der Waals surface area contributed by atoms with Crippen molar-refractivity contribution in [3.05, 3.63) is 88.6 Å². The molecule has 1 aliphatic carbocycles. The van der Waals surface area contributed by atoms with Gasteiger partial charge in [-0.1, -0.05) is 47.3 Å². The Hall–Kier alpha value is -3.44.